The predicted molar refractivity (Wildman–Crippen MR) is 46.7 cm³/mol. The van der Waals surface area contributed by atoms with Crippen molar-refractivity contribution >= 4 is 11.9 Å². The second-order valence-electron chi connectivity index (χ2n) is 2.93. The first-order chi connectivity index (χ1) is 7.43. The molecule has 0 N–H and O–H groups in total. The van der Waals surface area contributed by atoms with Crippen molar-refractivity contribution in [3.8, 4) is 0 Å². The molecule has 16 heavy (non-hydrogen) atoms. The molecule has 1 rings (SSSR count). The number of alkyl halides is 2. The standard InChI is InChI=1S/C10H8F2O4/c11-10(12,9(14)15)6-16-8(13)7-4-2-1-3-5-7/h1-5H,6H2,(H,14,15)/p-1. The third-order valence-electron chi connectivity index (χ3n) is 1.69. The van der Waals surface area contributed by atoms with E-state index in [1.165, 1.54) is 24.3 Å². The number of aliphatic carboxylic acids is 1. The fourth-order valence-electron chi connectivity index (χ4n) is 0.873. The van der Waals surface area contributed by atoms with Crippen molar-refractivity contribution in [1.29, 1.82) is 0 Å². The molecule has 0 aliphatic heterocycles. The zero-order valence-electron chi connectivity index (χ0n) is 7.98. The van der Waals surface area contributed by atoms with Gasteiger partial charge in [-0.25, -0.2) is 4.79 Å². The smallest absolute Gasteiger partial charge is 0.338 e. The molecule has 0 spiro atoms. The fourth-order valence-corrected chi connectivity index (χ4v) is 0.873. The zero-order valence-corrected chi connectivity index (χ0v) is 7.98. The molecule has 0 bridgehead atoms. The van der Waals surface area contributed by atoms with Crippen LogP contribution in [0.2, 0.25) is 0 Å². The molecular formula is C10H7F2O4-. The summed E-state index contributed by atoms with van der Waals surface area (Å²) in [6, 6.07) is 7.40. The number of halogens is 2. The number of carbonyl (C=O) groups excluding carboxylic acids is 2. The van der Waals surface area contributed by atoms with Gasteiger partial charge in [0.25, 0.3) is 0 Å². The van der Waals surface area contributed by atoms with E-state index in [4.69, 9.17) is 0 Å². The van der Waals surface area contributed by atoms with Crippen LogP contribution in [0.15, 0.2) is 30.3 Å². The average Bonchev–Trinajstić information content (AvgIpc) is 2.27. The molecule has 0 aliphatic rings. The van der Waals surface area contributed by atoms with Gasteiger partial charge < -0.3 is 14.6 Å². The topological polar surface area (TPSA) is 66.4 Å². The Morgan fingerprint density at radius 2 is 1.81 bits per heavy atom. The summed E-state index contributed by atoms with van der Waals surface area (Å²) in [5.41, 5.74) is 0.0663. The minimum Gasteiger partial charge on any atom is -0.544 e. The highest BCUT2D eigenvalue weighted by Crippen LogP contribution is 2.13. The molecule has 0 radical (unpaired) electrons. The maximum atomic E-state index is 12.5. The van der Waals surface area contributed by atoms with Crippen molar-refractivity contribution in [2.75, 3.05) is 6.61 Å². The highest BCUT2D eigenvalue weighted by Gasteiger charge is 2.33. The van der Waals surface area contributed by atoms with Crippen molar-refractivity contribution in [2.24, 2.45) is 0 Å². The molecule has 0 heterocycles. The fraction of sp³-hybridized carbons (Fsp3) is 0.200. The molecule has 0 unspecified atom stereocenters. The van der Waals surface area contributed by atoms with Crippen LogP contribution in [-0.2, 0) is 9.53 Å². The number of hydrogen-bond acceptors (Lipinski definition) is 4. The quantitative estimate of drug-likeness (QED) is 0.693. The van der Waals surface area contributed by atoms with E-state index < -0.39 is 24.5 Å². The van der Waals surface area contributed by atoms with E-state index in [1.807, 2.05) is 0 Å². The first-order valence-corrected chi connectivity index (χ1v) is 4.25. The molecule has 0 aliphatic carbocycles. The Morgan fingerprint density at radius 3 is 2.31 bits per heavy atom. The molecule has 0 atom stereocenters. The molecular weight excluding hydrogens is 222 g/mol. The molecule has 0 fully saturated rings. The number of carboxylic acids is 1. The SMILES string of the molecule is O=C(OCC(F)(F)C(=O)[O-])c1ccccc1. The van der Waals surface area contributed by atoms with Gasteiger partial charge in [0.1, 0.15) is 5.97 Å². The van der Waals surface area contributed by atoms with Gasteiger partial charge in [-0.1, -0.05) is 18.2 Å². The van der Waals surface area contributed by atoms with Gasteiger partial charge >= 0.3 is 11.9 Å². The van der Waals surface area contributed by atoms with Crippen LogP contribution in [0.25, 0.3) is 0 Å². The summed E-state index contributed by atoms with van der Waals surface area (Å²) in [6.07, 6.45) is 0. The Bertz CT molecular complexity index is 389. The summed E-state index contributed by atoms with van der Waals surface area (Å²) in [4.78, 5) is 21.1. The van der Waals surface area contributed by atoms with E-state index in [2.05, 4.69) is 4.74 Å². The Balaban J connectivity index is 2.58. The maximum absolute atomic E-state index is 12.5. The van der Waals surface area contributed by atoms with Crippen LogP contribution in [0, 0.1) is 0 Å². The minimum absolute atomic E-state index is 0.0663. The number of ether oxygens (including phenoxy) is 1. The Morgan fingerprint density at radius 1 is 1.25 bits per heavy atom. The summed E-state index contributed by atoms with van der Waals surface area (Å²) >= 11 is 0. The average molecular weight is 229 g/mol. The van der Waals surface area contributed by atoms with Crippen molar-refractivity contribution < 1.29 is 28.2 Å². The van der Waals surface area contributed by atoms with Gasteiger partial charge in [0.05, 0.1) is 5.56 Å². The normalized spacial score (nSPS) is 10.9. The van der Waals surface area contributed by atoms with Crippen molar-refractivity contribution in [2.45, 2.75) is 5.92 Å². The maximum Gasteiger partial charge on any atom is 0.338 e. The minimum atomic E-state index is -4.18. The van der Waals surface area contributed by atoms with Crippen LogP contribution in [0.5, 0.6) is 0 Å². The van der Waals surface area contributed by atoms with E-state index >= 15 is 0 Å². The number of carbonyl (C=O) groups is 2. The predicted octanol–water partition coefficient (Wildman–Crippen LogP) is 0.229. The van der Waals surface area contributed by atoms with Crippen molar-refractivity contribution in [3.63, 3.8) is 0 Å². The van der Waals surface area contributed by atoms with E-state index in [-0.39, 0.29) is 5.56 Å². The second-order valence-corrected chi connectivity index (χ2v) is 2.93. The van der Waals surface area contributed by atoms with Crippen LogP contribution < -0.4 is 5.11 Å². The van der Waals surface area contributed by atoms with Crippen LogP contribution in [0.1, 0.15) is 10.4 Å². The number of carboxylic acid groups (broad SMARTS) is 1. The van der Waals surface area contributed by atoms with Gasteiger partial charge in [0, 0.05) is 0 Å². The van der Waals surface area contributed by atoms with Gasteiger partial charge in [-0.3, -0.25) is 0 Å². The van der Waals surface area contributed by atoms with E-state index in [0.717, 1.165) is 0 Å². The van der Waals surface area contributed by atoms with Gasteiger partial charge in [0.2, 0.25) is 0 Å². The summed E-state index contributed by atoms with van der Waals surface area (Å²) in [5, 5.41) is 9.92. The van der Waals surface area contributed by atoms with Crippen molar-refractivity contribution in [3.05, 3.63) is 35.9 Å². The highest BCUT2D eigenvalue weighted by molar-refractivity contribution is 5.89. The van der Waals surface area contributed by atoms with Gasteiger partial charge in [0.15, 0.2) is 6.61 Å². The molecule has 86 valence electrons. The Hall–Kier alpha value is -1.98. The number of rotatable bonds is 4. The van der Waals surface area contributed by atoms with Crippen LogP contribution >= 0.6 is 0 Å². The van der Waals surface area contributed by atoms with Crippen LogP contribution in [0.3, 0.4) is 0 Å². The molecule has 0 aromatic heterocycles. The first kappa shape index (κ1) is 12.1. The van der Waals surface area contributed by atoms with Gasteiger partial charge in [-0.15, -0.1) is 0 Å². The molecule has 4 nitrogen and oxygen atoms in total. The van der Waals surface area contributed by atoms with Crippen LogP contribution in [-0.4, -0.2) is 24.5 Å². The summed E-state index contributed by atoms with van der Waals surface area (Å²) in [5.74, 6) is -7.76. The summed E-state index contributed by atoms with van der Waals surface area (Å²) in [7, 11) is 0. The molecule has 0 saturated heterocycles. The zero-order chi connectivity index (χ0) is 12.2. The van der Waals surface area contributed by atoms with Crippen molar-refractivity contribution in [1.82, 2.24) is 0 Å². The van der Waals surface area contributed by atoms with Crippen LogP contribution in [0.4, 0.5) is 8.78 Å². The summed E-state index contributed by atoms with van der Waals surface area (Å²) in [6.45, 7) is -1.54. The Kier molecular flexibility index (Phi) is 3.55. The molecule has 0 amide bonds. The largest absolute Gasteiger partial charge is 0.544 e. The highest BCUT2D eigenvalue weighted by atomic mass is 19.3. The van der Waals surface area contributed by atoms with E-state index in [0.29, 0.717) is 0 Å². The Labute approximate surface area is 89.5 Å². The first-order valence-electron chi connectivity index (χ1n) is 4.25. The number of esters is 1. The molecule has 1 aromatic rings. The molecule has 6 heteroatoms. The number of benzene rings is 1. The lowest BCUT2D eigenvalue weighted by atomic mass is 10.2. The molecule has 0 saturated carbocycles. The second kappa shape index (κ2) is 4.69. The lowest BCUT2D eigenvalue weighted by Crippen LogP contribution is -2.45. The molecule has 1 aromatic carbocycles. The summed E-state index contributed by atoms with van der Waals surface area (Å²) < 4.78 is 29.1. The third-order valence-corrected chi connectivity index (χ3v) is 1.69. The van der Waals surface area contributed by atoms with Gasteiger partial charge in [-0.2, -0.15) is 8.78 Å². The number of hydrogen-bond donors (Lipinski definition) is 0. The van der Waals surface area contributed by atoms with Gasteiger partial charge in [-0.05, 0) is 12.1 Å². The van der Waals surface area contributed by atoms with E-state index in [1.54, 1.807) is 6.07 Å². The van der Waals surface area contributed by atoms with E-state index in [9.17, 15) is 23.5 Å². The third kappa shape index (κ3) is 3.01. The monoisotopic (exact) mass is 229 g/mol. The lowest BCUT2D eigenvalue weighted by molar-refractivity contribution is -0.331. The lowest BCUT2D eigenvalue weighted by Gasteiger charge is -2.16.